The van der Waals surface area contributed by atoms with Crippen LogP contribution < -0.4 is 5.73 Å². The lowest BCUT2D eigenvalue weighted by molar-refractivity contribution is -0.145. The number of hydrogen-bond acceptors (Lipinski definition) is 4. The number of hydrogen-bond donors (Lipinski definition) is 1. The van der Waals surface area contributed by atoms with E-state index in [1.54, 1.807) is 6.92 Å². The molecule has 1 atom stereocenters. The fourth-order valence-corrected chi connectivity index (χ4v) is 3.58. The van der Waals surface area contributed by atoms with Gasteiger partial charge < -0.3 is 5.73 Å². The number of aryl methyl sites for hydroxylation is 1. The minimum absolute atomic E-state index is 0.0343. The average molecular weight is 436 g/mol. The molecule has 31 heavy (non-hydrogen) atoms. The molecule has 1 aliphatic heterocycles. The van der Waals surface area contributed by atoms with Crippen LogP contribution in [0.1, 0.15) is 40.0 Å². The lowest BCUT2D eigenvalue weighted by atomic mass is 9.79. The van der Waals surface area contributed by atoms with Gasteiger partial charge in [-0.25, -0.2) is 31.8 Å². The topological polar surface area (TPSA) is 72.7 Å². The van der Waals surface area contributed by atoms with E-state index in [-0.39, 0.29) is 16.9 Å². The van der Waals surface area contributed by atoms with E-state index in [1.807, 2.05) is 0 Å². The summed E-state index contributed by atoms with van der Waals surface area (Å²) in [6, 6.07) is 4.15. The number of ketones is 1. The molecule has 0 radical (unpaired) electrons. The van der Waals surface area contributed by atoms with Crippen molar-refractivity contribution in [3.8, 4) is 0 Å². The van der Waals surface area contributed by atoms with Crippen molar-refractivity contribution in [2.45, 2.75) is 44.1 Å². The molecule has 1 aromatic heterocycles. The molecule has 5 nitrogen and oxygen atoms in total. The summed E-state index contributed by atoms with van der Waals surface area (Å²) in [6.45, 7) is 8.53. The lowest BCUT2D eigenvalue weighted by Crippen LogP contribution is -2.54. The number of benzene rings is 1. The molecule has 2 heterocycles. The van der Waals surface area contributed by atoms with E-state index < -0.39 is 60.1 Å². The number of nitrogens with zero attached hydrogens (tertiary/aromatic N) is 3. The Kier molecular flexibility index (Phi) is 5.81. The van der Waals surface area contributed by atoms with E-state index in [1.165, 1.54) is 12.3 Å². The quantitative estimate of drug-likeness (QED) is 0.418. The molecule has 10 heteroatoms. The second-order valence-electron chi connectivity index (χ2n) is 7.26. The number of amidine groups is 1. The van der Waals surface area contributed by atoms with E-state index in [0.717, 1.165) is 18.2 Å². The zero-order valence-corrected chi connectivity index (χ0v) is 16.3. The van der Waals surface area contributed by atoms with Crippen molar-refractivity contribution in [3.63, 3.8) is 0 Å². The van der Waals surface area contributed by atoms with Gasteiger partial charge in [-0.1, -0.05) is 6.07 Å². The van der Waals surface area contributed by atoms with E-state index in [4.69, 9.17) is 12.3 Å². The van der Waals surface area contributed by atoms with Crippen molar-refractivity contribution >= 4 is 17.3 Å². The molecule has 0 saturated carbocycles. The number of alkyl halides is 4. The summed E-state index contributed by atoms with van der Waals surface area (Å²) in [6.07, 6.45) is -4.34. The molecule has 0 amide bonds. The van der Waals surface area contributed by atoms with Crippen molar-refractivity contribution in [3.05, 3.63) is 70.1 Å². The predicted octanol–water partition coefficient (Wildman–Crippen LogP) is 4.75. The van der Waals surface area contributed by atoms with Gasteiger partial charge in [0, 0.05) is 31.0 Å². The molecule has 2 aromatic rings. The standard InChI is InChI=1S/C21H17F5N4O/c1-11-7-13(28-2)10-29-18(11)16(31)9-12-3-4-15(22)14(8-12)21(19(23)24)20(25,26)6-5-17(27)30-21/h3-4,7-8,10,19H,5-6,9H2,1H3,(H2,27,30)/t21-/m0/s1. The predicted molar refractivity (Wildman–Crippen MR) is 103 cm³/mol. The smallest absolute Gasteiger partial charge is 0.283 e. The van der Waals surface area contributed by atoms with Crippen LogP contribution in [0.5, 0.6) is 0 Å². The van der Waals surface area contributed by atoms with Gasteiger partial charge in [-0.05, 0) is 36.2 Å². The van der Waals surface area contributed by atoms with Gasteiger partial charge in [-0.2, -0.15) is 0 Å². The third-order valence-corrected chi connectivity index (χ3v) is 5.15. The minimum Gasteiger partial charge on any atom is -0.387 e. The molecule has 3 rings (SSSR count). The highest BCUT2D eigenvalue weighted by Gasteiger charge is 2.63. The fourth-order valence-electron chi connectivity index (χ4n) is 3.58. The number of pyridine rings is 1. The van der Waals surface area contributed by atoms with Gasteiger partial charge in [0.25, 0.3) is 12.3 Å². The van der Waals surface area contributed by atoms with Gasteiger partial charge in [-0.3, -0.25) is 9.78 Å². The Hall–Kier alpha value is -3.35. The maximum atomic E-state index is 14.7. The maximum absolute atomic E-state index is 14.7. The number of carbonyl (C=O) groups excluding carboxylic acids is 1. The normalized spacial score (nSPS) is 20.3. The Morgan fingerprint density at radius 2 is 2.03 bits per heavy atom. The Morgan fingerprint density at radius 1 is 1.32 bits per heavy atom. The summed E-state index contributed by atoms with van der Waals surface area (Å²) < 4.78 is 71.9. The van der Waals surface area contributed by atoms with Crippen LogP contribution >= 0.6 is 0 Å². The third kappa shape index (κ3) is 3.87. The van der Waals surface area contributed by atoms with Crippen molar-refractivity contribution in [1.29, 1.82) is 0 Å². The van der Waals surface area contributed by atoms with Crippen molar-refractivity contribution in [1.82, 2.24) is 4.98 Å². The van der Waals surface area contributed by atoms with Crippen molar-refractivity contribution in [2.24, 2.45) is 10.7 Å². The monoisotopic (exact) mass is 436 g/mol. The van der Waals surface area contributed by atoms with Crippen molar-refractivity contribution in [2.75, 3.05) is 0 Å². The molecule has 0 spiro atoms. The van der Waals surface area contributed by atoms with Crippen LogP contribution in [0.3, 0.4) is 0 Å². The molecular weight excluding hydrogens is 419 g/mol. The number of aliphatic imine (C=N–C) groups is 1. The average Bonchev–Trinajstić information content (AvgIpc) is 2.70. The fraction of sp³-hybridized carbons (Fsp3) is 0.333. The number of aromatic nitrogens is 1. The molecule has 0 saturated heterocycles. The number of carbonyl (C=O) groups is 1. The highest BCUT2D eigenvalue weighted by atomic mass is 19.3. The summed E-state index contributed by atoms with van der Waals surface area (Å²) >= 11 is 0. The van der Waals surface area contributed by atoms with Crippen LogP contribution in [-0.2, 0) is 12.0 Å². The van der Waals surface area contributed by atoms with Crippen LogP contribution in [0.2, 0.25) is 0 Å². The summed E-state index contributed by atoms with van der Waals surface area (Å²) in [7, 11) is 0. The van der Waals surface area contributed by atoms with E-state index in [9.17, 15) is 26.7 Å². The van der Waals surface area contributed by atoms with Crippen molar-refractivity contribution < 1.29 is 26.7 Å². The summed E-state index contributed by atoms with van der Waals surface area (Å²) in [4.78, 5) is 23.1. The summed E-state index contributed by atoms with van der Waals surface area (Å²) in [5.74, 6) is -6.32. The SMILES string of the molecule is [C-]#[N+]c1cnc(C(=O)Cc2ccc(F)c([C@@]3(C(F)F)N=C(N)CCC3(F)F)c2)c(C)c1. The molecule has 0 aliphatic carbocycles. The molecule has 0 unspecified atom stereocenters. The highest BCUT2D eigenvalue weighted by Crippen LogP contribution is 2.51. The van der Waals surface area contributed by atoms with E-state index >= 15 is 0 Å². The first-order chi connectivity index (χ1) is 14.5. The molecule has 2 N–H and O–H groups in total. The molecule has 0 bridgehead atoms. The van der Waals surface area contributed by atoms with Gasteiger partial charge >= 0.3 is 0 Å². The third-order valence-electron chi connectivity index (χ3n) is 5.15. The number of Topliss-reactive ketones (excluding diaryl/α,β-unsaturated/α-hetero) is 1. The van der Waals surface area contributed by atoms with Crippen LogP contribution in [-0.4, -0.2) is 29.0 Å². The van der Waals surface area contributed by atoms with Gasteiger partial charge in [0.1, 0.15) is 11.5 Å². The Labute approximate surface area is 174 Å². The summed E-state index contributed by atoms with van der Waals surface area (Å²) in [5, 5.41) is 0. The van der Waals surface area contributed by atoms with Crippen LogP contribution in [0.15, 0.2) is 35.5 Å². The minimum atomic E-state index is -4.05. The number of halogens is 5. The van der Waals surface area contributed by atoms with Crippen LogP contribution in [0, 0.1) is 19.3 Å². The first-order valence-corrected chi connectivity index (χ1v) is 9.18. The van der Waals surface area contributed by atoms with E-state index in [0.29, 0.717) is 5.56 Å². The number of nitrogens with two attached hydrogens (primary N) is 1. The first kappa shape index (κ1) is 22.3. The molecule has 1 aromatic carbocycles. The molecule has 0 fully saturated rings. The van der Waals surface area contributed by atoms with Gasteiger partial charge in [-0.15, -0.1) is 0 Å². The summed E-state index contributed by atoms with van der Waals surface area (Å²) in [5.41, 5.74) is 1.68. The second-order valence-corrected chi connectivity index (χ2v) is 7.26. The Bertz CT molecular complexity index is 1110. The van der Waals surface area contributed by atoms with Gasteiger partial charge in [0.05, 0.1) is 12.4 Å². The second kappa shape index (κ2) is 8.06. The lowest BCUT2D eigenvalue weighted by Gasteiger charge is -2.40. The Morgan fingerprint density at radius 3 is 2.65 bits per heavy atom. The largest absolute Gasteiger partial charge is 0.387 e. The van der Waals surface area contributed by atoms with Gasteiger partial charge in [0.15, 0.2) is 5.78 Å². The van der Waals surface area contributed by atoms with E-state index in [2.05, 4.69) is 14.8 Å². The maximum Gasteiger partial charge on any atom is 0.283 e. The van der Waals surface area contributed by atoms with Crippen LogP contribution in [0.4, 0.5) is 27.6 Å². The molecule has 162 valence electrons. The first-order valence-electron chi connectivity index (χ1n) is 9.18. The van der Waals surface area contributed by atoms with Gasteiger partial charge in [0.2, 0.25) is 11.2 Å². The zero-order chi connectivity index (χ0) is 23.0. The highest BCUT2D eigenvalue weighted by molar-refractivity contribution is 5.97. The Balaban J connectivity index is 2.05. The number of rotatable bonds is 5. The zero-order valence-electron chi connectivity index (χ0n) is 16.3. The van der Waals surface area contributed by atoms with Crippen LogP contribution in [0.25, 0.3) is 4.85 Å². The molecular formula is C21H17F5N4O. The molecule has 1 aliphatic rings.